The van der Waals surface area contributed by atoms with Crippen molar-refractivity contribution in [2.45, 2.75) is 26.3 Å². The Morgan fingerprint density at radius 1 is 1.43 bits per heavy atom. The second kappa shape index (κ2) is 6.72. The lowest BCUT2D eigenvalue weighted by Crippen LogP contribution is -2.39. The third kappa shape index (κ3) is 3.70. The number of nitrogens with two attached hydrogens (primary N) is 1. The summed E-state index contributed by atoms with van der Waals surface area (Å²) >= 11 is 0. The first-order valence-electron chi connectivity index (χ1n) is 5.80. The zero-order valence-electron chi connectivity index (χ0n) is 11.2. The van der Waals surface area contributed by atoms with Gasteiger partial charge in [0.1, 0.15) is 11.7 Å². The second-order valence-corrected chi connectivity index (χ2v) is 3.82. The summed E-state index contributed by atoms with van der Waals surface area (Å²) in [5.74, 6) is -2.05. The highest BCUT2D eigenvalue weighted by Crippen LogP contribution is 2.24. The first-order valence-corrected chi connectivity index (χ1v) is 5.80. The maximum absolute atomic E-state index is 13.1. The second-order valence-electron chi connectivity index (χ2n) is 3.82. The van der Waals surface area contributed by atoms with E-state index in [2.05, 4.69) is 15.0 Å². The number of hydrogen-bond acceptors (Lipinski definition) is 6. The van der Waals surface area contributed by atoms with Crippen LogP contribution in [0.15, 0.2) is 0 Å². The van der Waals surface area contributed by atoms with E-state index in [-0.39, 0.29) is 6.61 Å². The van der Waals surface area contributed by atoms with Gasteiger partial charge in [-0.25, -0.2) is 23.1 Å². The molecule has 11 heteroatoms. The van der Waals surface area contributed by atoms with E-state index in [0.29, 0.717) is 4.68 Å². The van der Waals surface area contributed by atoms with Crippen LogP contribution >= 0.6 is 0 Å². The number of amides is 3. The van der Waals surface area contributed by atoms with Gasteiger partial charge in [0.05, 0.1) is 6.61 Å². The fourth-order valence-electron chi connectivity index (χ4n) is 1.47. The minimum Gasteiger partial charge on any atom is -0.461 e. The van der Waals surface area contributed by atoms with Crippen LogP contribution in [-0.4, -0.2) is 39.5 Å². The number of aromatic nitrogens is 3. The molecule has 1 heterocycles. The molecule has 0 aliphatic heterocycles. The number of rotatable bonds is 5. The molecule has 1 unspecified atom stereocenters. The number of nitrogens with zero attached hydrogens (tertiary/aromatic N) is 3. The third-order valence-corrected chi connectivity index (χ3v) is 2.40. The smallest absolute Gasteiger partial charge is 0.361 e. The van der Waals surface area contributed by atoms with Crippen molar-refractivity contribution in [2.24, 2.45) is 5.73 Å². The Balaban J connectivity index is 3.16. The molecule has 3 amide bonds. The summed E-state index contributed by atoms with van der Waals surface area (Å²) in [5.41, 5.74) is 3.20. The Morgan fingerprint density at radius 3 is 2.52 bits per heavy atom. The number of carbonyl (C=O) groups is 3. The largest absolute Gasteiger partial charge is 0.461 e. The predicted octanol–water partition coefficient (Wildman–Crippen LogP) is 0.148. The molecule has 0 spiro atoms. The van der Waals surface area contributed by atoms with Crippen LogP contribution in [0.1, 0.15) is 42.5 Å². The number of esters is 1. The maximum atomic E-state index is 13.1. The fraction of sp³-hybridized carbons (Fsp3) is 0.500. The number of urea groups is 1. The van der Waals surface area contributed by atoms with E-state index < -0.39 is 41.8 Å². The van der Waals surface area contributed by atoms with Gasteiger partial charge in [-0.05, 0) is 13.8 Å². The zero-order chi connectivity index (χ0) is 16.2. The van der Waals surface area contributed by atoms with Crippen molar-refractivity contribution in [3.8, 4) is 0 Å². The number of carbonyl (C=O) groups excluding carboxylic acids is 3. The number of alkyl halides is 2. The Morgan fingerprint density at radius 2 is 2.05 bits per heavy atom. The molecule has 21 heavy (non-hydrogen) atoms. The standard InChI is InChI=1S/C10H13F2N5O4/c1-3-21-9(19)5-6(7(11)12)17(16-15-5)4(2)8(18)14-10(13)20/h4,7H,3H2,1-2H3,(H3,13,14,18,20). The molecule has 1 rings (SSSR count). The van der Waals surface area contributed by atoms with Crippen molar-refractivity contribution in [1.29, 1.82) is 0 Å². The first-order chi connectivity index (χ1) is 9.79. The van der Waals surface area contributed by atoms with Gasteiger partial charge in [-0.15, -0.1) is 5.10 Å². The molecule has 0 saturated carbocycles. The molecule has 1 aromatic heterocycles. The molecule has 0 aliphatic rings. The molecule has 116 valence electrons. The van der Waals surface area contributed by atoms with Crippen LogP contribution in [-0.2, 0) is 9.53 Å². The van der Waals surface area contributed by atoms with Crippen molar-refractivity contribution in [3.05, 3.63) is 11.4 Å². The monoisotopic (exact) mass is 305 g/mol. The number of hydrogen-bond donors (Lipinski definition) is 2. The van der Waals surface area contributed by atoms with Crippen LogP contribution in [0, 0.1) is 0 Å². The average molecular weight is 305 g/mol. The first kappa shape index (κ1) is 16.5. The number of ether oxygens (including phenoxy) is 1. The van der Waals surface area contributed by atoms with E-state index in [1.54, 1.807) is 5.32 Å². The Hall–Kier alpha value is -2.59. The van der Waals surface area contributed by atoms with Crippen molar-refractivity contribution in [3.63, 3.8) is 0 Å². The quantitative estimate of drug-likeness (QED) is 0.745. The molecule has 9 nitrogen and oxygen atoms in total. The van der Waals surface area contributed by atoms with E-state index in [1.165, 1.54) is 13.8 Å². The molecule has 0 radical (unpaired) electrons. The van der Waals surface area contributed by atoms with Crippen molar-refractivity contribution >= 4 is 17.9 Å². The lowest BCUT2D eigenvalue weighted by molar-refractivity contribution is -0.123. The van der Waals surface area contributed by atoms with Crippen LogP contribution in [0.4, 0.5) is 13.6 Å². The normalized spacial score (nSPS) is 12.0. The molecule has 0 bridgehead atoms. The van der Waals surface area contributed by atoms with Crippen LogP contribution in [0.5, 0.6) is 0 Å². The van der Waals surface area contributed by atoms with Crippen molar-refractivity contribution in [1.82, 2.24) is 20.3 Å². The van der Waals surface area contributed by atoms with Crippen molar-refractivity contribution in [2.75, 3.05) is 6.61 Å². The molecule has 3 N–H and O–H groups in total. The van der Waals surface area contributed by atoms with Gasteiger partial charge in [0.15, 0.2) is 5.69 Å². The van der Waals surface area contributed by atoms with Crippen LogP contribution in [0.3, 0.4) is 0 Å². The third-order valence-electron chi connectivity index (χ3n) is 2.40. The molecule has 0 aliphatic carbocycles. The zero-order valence-corrected chi connectivity index (χ0v) is 11.2. The fourth-order valence-corrected chi connectivity index (χ4v) is 1.47. The highest BCUT2D eigenvalue weighted by Gasteiger charge is 2.31. The summed E-state index contributed by atoms with van der Waals surface area (Å²) in [5, 5.41) is 8.36. The SMILES string of the molecule is CCOC(=O)c1nnn(C(C)C(=O)NC(N)=O)c1C(F)F. The summed E-state index contributed by atoms with van der Waals surface area (Å²) < 4.78 is 31.3. The highest BCUT2D eigenvalue weighted by molar-refractivity contribution is 5.95. The summed E-state index contributed by atoms with van der Waals surface area (Å²) in [4.78, 5) is 33.7. The lowest BCUT2D eigenvalue weighted by atomic mass is 10.2. The lowest BCUT2D eigenvalue weighted by Gasteiger charge is -2.13. The van der Waals surface area contributed by atoms with Gasteiger partial charge in [0.25, 0.3) is 12.3 Å². The number of halogens is 2. The van der Waals surface area contributed by atoms with Gasteiger partial charge < -0.3 is 10.5 Å². The minimum absolute atomic E-state index is 0.0356. The Bertz CT molecular complexity index is 560. The van der Waals surface area contributed by atoms with Gasteiger partial charge in [0, 0.05) is 0 Å². The van der Waals surface area contributed by atoms with Crippen LogP contribution in [0.25, 0.3) is 0 Å². The predicted molar refractivity (Wildman–Crippen MR) is 63.4 cm³/mol. The van der Waals surface area contributed by atoms with E-state index in [1.807, 2.05) is 0 Å². The number of imide groups is 1. The van der Waals surface area contributed by atoms with Gasteiger partial charge in [-0.1, -0.05) is 5.21 Å². The summed E-state index contributed by atoms with van der Waals surface area (Å²) in [6.45, 7) is 2.65. The average Bonchev–Trinajstić information content (AvgIpc) is 2.81. The molecular formula is C10H13F2N5O4. The molecule has 0 saturated heterocycles. The molecule has 1 aromatic rings. The van der Waals surface area contributed by atoms with Gasteiger partial charge in [-0.3, -0.25) is 10.1 Å². The van der Waals surface area contributed by atoms with Gasteiger partial charge in [-0.2, -0.15) is 0 Å². The molecule has 1 atom stereocenters. The van der Waals surface area contributed by atoms with Crippen molar-refractivity contribution < 1.29 is 27.9 Å². The van der Waals surface area contributed by atoms with Gasteiger partial charge >= 0.3 is 12.0 Å². The van der Waals surface area contributed by atoms with Crippen LogP contribution < -0.4 is 11.1 Å². The van der Waals surface area contributed by atoms with E-state index in [4.69, 9.17) is 5.73 Å². The molecule has 0 fully saturated rings. The van der Waals surface area contributed by atoms with E-state index in [9.17, 15) is 23.2 Å². The summed E-state index contributed by atoms with van der Waals surface area (Å²) in [6, 6.07) is -2.46. The van der Waals surface area contributed by atoms with E-state index >= 15 is 0 Å². The van der Waals surface area contributed by atoms with E-state index in [0.717, 1.165) is 0 Å². The molecule has 0 aromatic carbocycles. The number of primary amides is 1. The Labute approximate surface area is 117 Å². The Kier molecular flexibility index (Phi) is 5.27. The minimum atomic E-state index is -3.12. The maximum Gasteiger partial charge on any atom is 0.361 e. The summed E-state index contributed by atoms with van der Waals surface area (Å²) in [6.07, 6.45) is -3.12. The molecular weight excluding hydrogens is 292 g/mol. The number of nitrogens with one attached hydrogen (secondary N) is 1. The summed E-state index contributed by atoms with van der Waals surface area (Å²) in [7, 11) is 0. The van der Waals surface area contributed by atoms with Gasteiger partial charge in [0.2, 0.25) is 0 Å². The van der Waals surface area contributed by atoms with Crippen LogP contribution in [0.2, 0.25) is 0 Å². The topological polar surface area (TPSA) is 129 Å². The highest BCUT2D eigenvalue weighted by atomic mass is 19.3.